The van der Waals surface area contributed by atoms with Gasteiger partial charge < -0.3 is 15.0 Å². The molecule has 4 nitrogen and oxygen atoms in total. The quantitative estimate of drug-likeness (QED) is 0.845. The van der Waals surface area contributed by atoms with Gasteiger partial charge in [-0.05, 0) is 18.9 Å². The summed E-state index contributed by atoms with van der Waals surface area (Å²) >= 11 is 1.79. The summed E-state index contributed by atoms with van der Waals surface area (Å²) in [7, 11) is 0. The first-order valence-corrected chi connectivity index (χ1v) is 7.90. The van der Waals surface area contributed by atoms with Gasteiger partial charge >= 0.3 is 0 Å². The molecule has 1 aromatic heterocycles. The number of hydrogen-bond acceptors (Lipinski definition) is 3. The third kappa shape index (κ3) is 1.84. The predicted octanol–water partition coefficient (Wildman–Crippen LogP) is 2.13. The highest BCUT2D eigenvalue weighted by atomic mass is 32.2. The van der Waals surface area contributed by atoms with Crippen LogP contribution in [0.4, 0.5) is 0 Å². The number of nitrogens with one attached hydrogen (secondary N) is 1. The SMILES string of the molecule is O=C(N1CCSc2c([nH]c3ccccc23)C1)C1(O)CC1. The molecule has 1 aliphatic heterocycles. The molecule has 104 valence electrons. The summed E-state index contributed by atoms with van der Waals surface area (Å²) in [6.45, 7) is 1.26. The van der Waals surface area contributed by atoms with Gasteiger partial charge in [0.1, 0.15) is 5.60 Å². The highest BCUT2D eigenvalue weighted by molar-refractivity contribution is 7.99. The molecule has 2 aromatic rings. The fourth-order valence-electron chi connectivity index (χ4n) is 2.78. The summed E-state index contributed by atoms with van der Waals surface area (Å²) in [5.74, 6) is 0.765. The summed E-state index contributed by atoms with van der Waals surface area (Å²) in [6.07, 6.45) is 1.21. The van der Waals surface area contributed by atoms with Crippen molar-refractivity contribution in [1.29, 1.82) is 0 Å². The van der Waals surface area contributed by atoms with Gasteiger partial charge in [0.2, 0.25) is 0 Å². The lowest BCUT2D eigenvalue weighted by Gasteiger charge is -2.22. The average Bonchev–Trinajstić information content (AvgIpc) is 3.16. The van der Waals surface area contributed by atoms with Crippen LogP contribution in [-0.4, -0.2) is 38.8 Å². The molecule has 0 saturated heterocycles. The maximum Gasteiger partial charge on any atom is 0.254 e. The van der Waals surface area contributed by atoms with E-state index in [1.165, 1.54) is 10.3 Å². The van der Waals surface area contributed by atoms with Gasteiger partial charge in [0.05, 0.1) is 6.54 Å². The topological polar surface area (TPSA) is 56.3 Å². The van der Waals surface area contributed by atoms with E-state index < -0.39 is 5.60 Å². The molecule has 2 heterocycles. The van der Waals surface area contributed by atoms with Gasteiger partial charge in [-0.25, -0.2) is 0 Å². The maximum absolute atomic E-state index is 12.3. The third-order valence-corrected chi connectivity index (χ3v) is 5.24. The smallest absolute Gasteiger partial charge is 0.254 e. The van der Waals surface area contributed by atoms with Gasteiger partial charge in [0.25, 0.3) is 5.91 Å². The van der Waals surface area contributed by atoms with Gasteiger partial charge in [-0.2, -0.15) is 0 Å². The van der Waals surface area contributed by atoms with Crippen molar-refractivity contribution in [3.63, 3.8) is 0 Å². The van der Waals surface area contributed by atoms with Crippen molar-refractivity contribution < 1.29 is 9.90 Å². The Hall–Kier alpha value is -1.46. The number of aromatic nitrogens is 1. The lowest BCUT2D eigenvalue weighted by molar-refractivity contribution is -0.142. The fraction of sp³-hybridized carbons (Fsp3) is 0.400. The molecule has 2 N–H and O–H groups in total. The Morgan fingerprint density at radius 2 is 2.15 bits per heavy atom. The number of hydrogen-bond donors (Lipinski definition) is 2. The predicted molar refractivity (Wildman–Crippen MR) is 78.6 cm³/mol. The van der Waals surface area contributed by atoms with E-state index >= 15 is 0 Å². The Morgan fingerprint density at radius 3 is 2.95 bits per heavy atom. The van der Waals surface area contributed by atoms with E-state index in [0.717, 1.165) is 17.0 Å². The first kappa shape index (κ1) is 12.3. The maximum atomic E-state index is 12.3. The normalized spacial score (nSPS) is 20.6. The summed E-state index contributed by atoms with van der Waals surface area (Å²) in [5.41, 5.74) is 1.14. The number of para-hydroxylation sites is 1. The molecule has 1 saturated carbocycles. The van der Waals surface area contributed by atoms with E-state index in [-0.39, 0.29) is 5.91 Å². The minimum atomic E-state index is -1.07. The largest absolute Gasteiger partial charge is 0.380 e. The molecular formula is C15H16N2O2S. The van der Waals surface area contributed by atoms with E-state index in [1.54, 1.807) is 16.7 Å². The zero-order valence-electron chi connectivity index (χ0n) is 11.1. The third-order valence-electron chi connectivity index (χ3n) is 4.10. The first-order chi connectivity index (χ1) is 9.67. The number of thioether (sulfide) groups is 1. The van der Waals surface area contributed by atoms with Crippen LogP contribution in [0.25, 0.3) is 10.9 Å². The van der Waals surface area contributed by atoms with E-state index in [9.17, 15) is 9.90 Å². The Bertz CT molecular complexity index is 690. The summed E-state index contributed by atoms with van der Waals surface area (Å²) in [4.78, 5) is 18.8. The molecule has 1 aliphatic carbocycles. The van der Waals surface area contributed by atoms with Gasteiger partial charge in [-0.15, -0.1) is 11.8 Å². The number of nitrogens with zero attached hydrogens (tertiary/aromatic N) is 1. The number of carbonyl (C=O) groups is 1. The molecular weight excluding hydrogens is 272 g/mol. The van der Waals surface area contributed by atoms with Crippen LogP contribution in [0.1, 0.15) is 18.5 Å². The number of aromatic amines is 1. The molecule has 1 amide bonds. The monoisotopic (exact) mass is 288 g/mol. The minimum Gasteiger partial charge on any atom is -0.380 e. The molecule has 1 aromatic carbocycles. The van der Waals surface area contributed by atoms with Gasteiger partial charge in [-0.1, -0.05) is 18.2 Å². The van der Waals surface area contributed by atoms with Crippen LogP contribution in [0.2, 0.25) is 0 Å². The second-order valence-electron chi connectivity index (χ2n) is 5.59. The number of carbonyl (C=O) groups excluding carboxylic acids is 1. The van der Waals surface area contributed by atoms with E-state index in [4.69, 9.17) is 0 Å². The Morgan fingerprint density at radius 1 is 1.35 bits per heavy atom. The second kappa shape index (κ2) is 4.27. The first-order valence-electron chi connectivity index (χ1n) is 6.91. The summed E-state index contributed by atoms with van der Waals surface area (Å²) in [6, 6.07) is 8.23. The van der Waals surface area contributed by atoms with Crippen LogP contribution in [0, 0.1) is 0 Å². The molecule has 0 radical (unpaired) electrons. The average molecular weight is 288 g/mol. The molecule has 20 heavy (non-hydrogen) atoms. The number of benzene rings is 1. The number of rotatable bonds is 1. The molecule has 1 fully saturated rings. The molecule has 5 heteroatoms. The van der Waals surface area contributed by atoms with Crippen LogP contribution >= 0.6 is 11.8 Å². The summed E-state index contributed by atoms with van der Waals surface area (Å²) in [5, 5.41) is 11.2. The lowest BCUT2D eigenvalue weighted by Crippen LogP contribution is -2.40. The number of aliphatic hydroxyl groups is 1. The van der Waals surface area contributed by atoms with E-state index in [1.807, 2.05) is 12.1 Å². The highest BCUT2D eigenvalue weighted by Gasteiger charge is 2.50. The minimum absolute atomic E-state index is 0.107. The zero-order valence-corrected chi connectivity index (χ0v) is 11.9. The van der Waals surface area contributed by atoms with Crippen LogP contribution in [0.5, 0.6) is 0 Å². The lowest BCUT2D eigenvalue weighted by atomic mass is 10.2. The molecule has 4 rings (SSSR count). The standard InChI is InChI=1S/C15H16N2O2S/c18-14(15(19)5-6-15)17-7-8-20-13-10-3-1-2-4-11(10)16-12(13)9-17/h1-4,16,19H,5-9H2. The van der Waals surface area contributed by atoms with Crippen molar-refractivity contribution in [1.82, 2.24) is 9.88 Å². The van der Waals surface area contributed by atoms with Crippen LogP contribution in [0.15, 0.2) is 29.2 Å². The van der Waals surface area contributed by atoms with Crippen molar-refractivity contribution in [3.8, 4) is 0 Å². The van der Waals surface area contributed by atoms with Crippen LogP contribution in [-0.2, 0) is 11.3 Å². The van der Waals surface area contributed by atoms with Gasteiger partial charge in [0, 0.05) is 33.8 Å². The molecule has 0 spiro atoms. The zero-order chi connectivity index (χ0) is 13.7. The molecule has 0 atom stereocenters. The van der Waals surface area contributed by atoms with E-state index in [2.05, 4.69) is 17.1 Å². The van der Waals surface area contributed by atoms with Crippen LogP contribution in [0.3, 0.4) is 0 Å². The Labute approximate surface area is 121 Å². The van der Waals surface area contributed by atoms with Crippen molar-refractivity contribution in [2.75, 3.05) is 12.3 Å². The van der Waals surface area contributed by atoms with E-state index in [0.29, 0.717) is 25.9 Å². The number of fused-ring (bicyclic) bond motifs is 3. The van der Waals surface area contributed by atoms with Crippen molar-refractivity contribution in [3.05, 3.63) is 30.0 Å². The molecule has 0 unspecified atom stereocenters. The van der Waals surface area contributed by atoms with Gasteiger partial charge in [0.15, 0.2) is 0 Å². The number of amides is 1. The Kier molecular flexibility index (Phi) is 2.62. The van der Waals surface area contributed by atoms with Crippen molar-refractivity contribution >= 4 is 28.6 Å². The van der Waals surface area contributed by atoms with Crippen molar-refractivity contribution in [2.24, 2.45) is 0 Å². The van der Waals surface area contributed by atoms with Crippen molar-refractivity contribution in [2.45, 2.75) is 29.9 Å². The molecule has 2 aliphatic rings. The second-order valence-corrected chi connectivity index (χ2v) is 6.69. The fourth-order valence-corrected chi connectivity index (χ4v) is 3.92. The molecule has 0 bridgehead atoms. The van der Waals surface area contributed by atoms with Crippen LogP contribution < -0.4 is 0 Å². The Balaban J connectivity index is 1.70. The highest BCUT2D eigenvalue weighted by Crippen LogP contribution is 2.39. The number of H-pyrrole nitrogens is 1. The summed E-state index contributed by atoms with van der Waals surface area (Å²) < 4.78 is 0. The van der Waals surface area contributed by atoms with Gasteiger partial charge in [-0.3, -0.25) is 4.79 Å².